The van der Waals surface area contributed by atoms with Crippen LogP contribution in [-0.2, 0) is 4.84 Å². The van der Waals surface area contributed by atoms with Crippen LogP contribution in [0.15, 0.2) is 66.7 Å². The van der Waals surface area contributed by atoms with Crippen LogP contribution in [0.2, 0.25) is 0 Å². The van der Waals surface area contributed by atoms with Gasteiger partial charge in [-0.25, -0.2) is 0 Å². The number of hydroxylamine groups is 2. The summed E-state index contributed by atoms with van der Waals surface area (Å²) in [6.07, 6.45) is 0.0872. The minimum Gasteiger partial charge on any atom is -0.291 e. The topological polar surface area (TPSA) is 12.5 Å². The molecule has 0 bridgehead atoms. The molecule has 2 aromatic rings. The van der Waals surface area contributed by atoms with E-state index in [1.807, 2.05) is 42.5 Å². The Morgan fingerprint density at radius 3 is 1.58 bits per heavy atom. The van der Waals surface area contributed by atoms with Crippen molar-refractivity contribution in [3.05, 3.63) is 72.3 Å². The summed E-state index contributed by atoms with van der Waals surface area (Å²) >= 11 is 0. The van der Waals surface area contributed by atoms with Crippen molar-refractivity contribution < 1.29 is 4.84 Å². The van der Waals surface area contributed by atoms with Crippen LogP contribution >= 0.6 is 0 Å². The second kappa shape index (κ2) is 10.3. The third-order valence-corrected chi connectivity index (χ3v) is 3.50. The summed E-state index contributed by atoms with van der Waals surface area (Å²) in [7, 11) is 0. The largest absolute Gasteiger partial charge is 0.291 e. The maximum atomic E-state index is 6.15. The first kappa shape index (κ1) is 20.4. The highest BCUT2D eigenvalue weighted by molar-refractivity contribution is 5.16. The van der Waals surface area contributed by atoms with Gasteiger partial charge in [-0.3, -0.25) is 4.84 Å². The molecule has 0 spiro atoms. The van der Waals surface area contributed by atoms with Crippen LogP contribution in [0, 0.1) is 5.92 Å². The molecule has 1 unspecified atom stereocenters. The molecule has 0 aliphatic heterocycles. The molecule has 1 atom stereocenters. The molecule has 2 heteroatoms. The minimum absolute atomic E-state index is 0.0211. The summed E-state index contributed by atoms with van der Waals surface area (Å²) in [5, 5.41) is 2.11. The standard InChI is InChI=1S/C16H27NO.C6H6/c1-13(2)12-17(16(4,5)6)18-14(3)15-10-8-7-9-11-15;1-2-4-6-5-3-1/h7-11,13-14H,12H2,1-6H3;1-6H. The first-order valence-corrected chi connectivity index (χ1v) is 8.80. The van der Waals surface area contributed by atoms with Gasteiger partial charge in [-0.1, -0.05) is 80.6 Å². The Labute approximate surface area is 148 Å². The van der Waals surface area contributed by atoms with E-state index in [0.717, 1.165) is 6.54 Å². The SMILES string of the molecule is CC(C)CN(OC(C)c1ccccc1)C(C)(C)C.c1ccccc1. The number of benzene rings is 2. The van der Waals surface area contributed by atoms with Gasteiger partial charge in [-0.15, -0.1) is 0 Å². The number of hydrogen-bond acceptors (Lipinski definition) is 2. The molecule has 0 amide bonds. The van der Waals surface area contributed by atoms with Gasteiger partial charge in [0.25, 0.3) is 0 Å². The van der Waals surface area contributed by atoms with Gasteiger partial charge in [0.1, 0.15) is 6.10 Å². The normalized spacial score (nSPS) is 12.7. The number of rotatable bonds is 5. The first-order chi connectivity index (χ1) is 11.3. The van der Waals surface area contributed by atoms with E-state index in [-0.39, 0.29) is 11.6 Å². The van der Waals surface area contributed by atoms with E-state index >= 15 is 0 Å². The fourth-order valence-electron chi connectivity index (χ4n) is 2.17. The minimum atomic E-state index is 0.0211. The van der Waals surface area contributed by atoms with Crippen molar-refractivity contribution in [3.63, 3.8) is 0 Å². The maximum Gasteiger partial charge on any atom is 0.101 e. The monoisotopic (exact) mass is 327 g/mol. The van der Waals surface area contributed by atoms with Gasteiger partial charge in [-0.05, 0) is 39.2 Å². The van der Waals surface area contributed by atoms with E-state index in [4.69, 9.17) is 4.84 Å². The van der Waals surface area contributed by atoms with Crippen LogP contribution in [0.1, 0.15) is 53.2 Å². The Morgan fingerprint density at radius 1 is 0.792 bits per heavy atom. The predicted octanol–water partition coefficient (Wildman–Crippen LogP) is 6.12. The Morgan fingerprint density at radius 2 is 1.21 bits per heavy atom. The van der Waals surface area contributed by atoms with Gasteiger partial charge in [-0.2, -0.15) is 5.06 Å². The second-order valence-corrected chi connectivity index (χ2v) is 7.44. The Kier molecular flexibility index (Phi) is 8.73. The Balaban J connectivity index is 0.000000400. The average molecular weight is 328 g/mol. The maximum absolute atomic E-state index is 6.15. The highest BCUT2D eigenvalue weighted by Crippen LogP contribution is 2.24. The third-order valence-electron chi connectivity index (χ3n) is 3.50. The molecule has 132 valence electrons. The summed E-state index contributed by atoms with van der Waals surface area (Å²) in [4.78, 5) is 6.15. The fourth-order valence-corrected chi connectivity index (χ4v) is 2.17. The highest BCUT2D eigenvalue weighted by atomic mass is 16.7. The van der Waals surface area contributed by atoms with E-state index < -0.39 is 0 Å². The highest BCUT2D eigenvalue weighted by Gasteiger charge is 2.25. The zero-order valence-electron chi connectivity index (χ0n) is 16.1. The zero-order chi connectivity index (χ0) is 18.0. The summed E-state index contributed by atoms with van der Waals surface area (Å²) in [5.41, 5.74) is 1.24. The van der Waals surface area contributed by atoms with Gasteiger partial charge in [0, 0.05) is 12.1 Å². The Hall–Kier alpha value is -1.64. The third kappa shape index (κ3) is 8.28. The molecule has 0 aliphatic carbocycles. The van der Waals surface area contributed by atoms with Crippen LogP contribution in [0.5, 0.6) is 0 Å². The molecule has 0 N–H and O–H groups in total. The van der Waals surface area contributed by atoms with Crippen LogP contribution in [0.25, 0.3) is 0 Å². The van der Waals surface area contributed by atoms with Gasteiger partial charge in [0.2, 0.25) is 0 Å². The molecule has 0 aliphatic rings. The zero-order valence-corrected chi connectivity index (χ0v) is 16.1. The smallest absolute Gasteiger partial charge is 0.101 e. The summed E-state index contributed by atoms with van der Waals surface area (Å²) in [6, 6.07) is 22.4. The molecule has 0 radical (unpaired) electrons. The summed E-state index contributed by atoms with van der Waals surface area (Å²) < 4.78 is 0. The van der Waals surface area contributed by atoms with Crippen LogP contribution < -0.4 is 0 Å². The summed E-state index contributed by atoms with van der Waals surface area (Å²) in [5.74, 6) is 0.590. The van der Waals surface area contributed by atoms with Crippen molar-refractivity contribution in [3.8, 4) is 0 Å². The lowest BCUT2D eigenvalue weighted by Gasteiger charge is -2.37. The van der Waals surface area contributed by atoms with Crippen molar-refractivity contribution in [2.24, 2.45) is 5.92 Å². The predicted molar refractivity (Wildman–Crippen MR) is 104 cm³/mol. The lowest BCUT2D eigenvalue weighted by atomic mass is 10.1. The summed E-state index contributed by atoms with van der Waals surface area (Å²) in [6.45, 7) is 14.0. The molecule has 0 heterocycles. The van der Waals surface area contributed by atoms with Crippen molar-refractivity contribution in [1.29, 1.82) is 0 Å². The van der Waals surface area contributed by atoms with E-state index in [9.17, 15) is 0 Å². The van der Waals surface area contributed by atoms with E-state index in [1.165, 1.54) is 5.56 Å². The van der Waals surface area contributed by atoms with E-state index in [1.54, 1.807) is 0 Å². The van der Waals surface area contributed by atoms with Crippen LogP contribution in [-0.4, -0.2) is 17.1 Å². The van der Waals surface area contributed by atoms with Crippen LogP contribution in [0.3, 0.4) is 0 Å². The average Bonchev–Trinajstić information content (AvgIpc) is 2.56. The molecule has 0 saturated carbocycles. The van der Waals surface area contributed by atoms with Gasteiger partial charge in [0.15, 0.2) is 0 Å². The van der Waals surface area contributed by atoms with Crippen LogP contribution in [0.4, 0.5) is 0 Å². The van der Waals surface area contributed by atoms with Crippen molar-refractivity contribution >= 4 is 0 Å². The quantitative estimate of drug-likeness (QED) is 0.613. The van der Waals surface area contributed by atoms with Crippen molar-refractivity contribution in [2.45, 2.75) is 53.2 Å². The molecular weight excluding hydrogens is 294 g/mol. The molecule has 2 rings (SSSR count). The van der Waals surface area contributed by atoms with Crippen molar-refractivity contribution in [2.75, 3.05) is 6.54 Å². The molecule has 2 aromatic carbocycles. The fraction of sp³-hybridized carbons (Fsp3) is 0.455. The second-order valence-electron chi connectivity index (χ2n) is 7.44. The molecule has 24 heavy (non-hydrogen) atoms. The Bertz CT molecular complexity index is 504. The molecule has 2 nitrogen and oxygen atoms in total. The molecular formula is C22H33NO. The lowest BCUT2D eigenvalue weighted by molar-refractivity contribution is -0.244. The van der Waals surface area contributed by atoms with Crippen molar-refractivity contribution in [1.82, 2.24) is 5.06 Å². The van der Waals surface area contributed by atoms with Gasteiger partial charge >= 0.3 is 0 Å². The van der Waals surface area contributed by atoms with Gasteiger partial charge in [0.05, 0.1) is 0 Å². The lowest BCUT2D eigenvalue weighted by Crippen LogP contribution is -2.43. The number of nitrogens with zero attached hydrogens (tertiary/aromatic N) is 1. The molecule has 0 fully saturated rings. The molecule has 0 aromatic heterocycles. The first-order valence-electron chi connectivity index (χ1n) is 8.80. The van der Waals surface area contributed by atoms with E-state index in [2.05, 4.69) is 70.9 Å². The number of hydrogen-bond donors (Lipinski definition) is 0. The molecule has 0 saturated heterocycles. The van der Waals surface area contributed by atoms with Gasteiger partial charge < -0.3 is 0 Å². The van der Waals surface area contributed by atoms with E-state index in [0.29, 0.717) is 5.92 Å².